The summed E-state index contributed by atoms with van der Waals surface area (Å²) in [5.41, 5.74) is 8.30. The van der Waals surface area contributed by atoms with Gasteiger partial charge in [0.15, 0.2) is 17.3 Å². The Morgan fingerprint density at radius 3 is 2.30 bits per heavy atom. The second kappa shape index (κ2) is 16.2. The zero-order valence-electron chi connectivity index (χ0n) is 33.9. The predicted octanol–water partition coefficient (Wildman–Crippen LogP) is 6.50. The average molecular weight is 810 g/mol. The fraction of sp³-hybridized carbons (Fsp3) is 0.319. The number of allylic oxidation sites excluding steroid dienone is 1. The molecule has 0 saturated carbocycles. The first-order valence-electron chi connectivity index (χ1n) is 20.3. The number of hydrogen-bond donors (Lipinski definition) is 2. The summed E-state index contributed by atoms with van der Waals surface area (Å²) in [6, 6.07) is 25.1. The summed E-state index contributed by atoms with van der Waals surface area (Å²) in [7, 11) is 5.06. The van der Waals surface area contributed by atoms with Gasteiger partial charge in [0.1, 0.15) is 19.0 Å². The molecule has 0 bridgehead atoms. The third-order valence-electron chi connectivity index (χ3n) is 12.0. The lowest BCUT2D eigenvalue weighted by atomic mass is 9.95. The van der Waals surface area contributed by atoms with Gasteiger partial charge in [-0.25, -0.2) is 0 Å². The first-order valence-corrected chi connectivity index (χ1v) is 20.3. The van der Waals surface area contributed by atoms with Crippen molar-refractivity contribution in [3.8, 4) is 11.5 Å². The number of rotatable bonds is 13. The largest absolute Gasteiger partial charge is 0.493 e. The number of para-hydroxylation sites is 2. The van der Waals surface area contributed by atoms with E-state index in [4.69, 9.17) is 23.9 Å². The molecule has 60 heavy (non-hydrogen) atoms. The zero-order chi connectivity index (χ0) is 41.5. The summed E-state index contributed by atoms with van der Waals surface area (Å²) in [6.45, 7) is 1.55. The Hall–Kier alpha value is -6.60. The summed E-state index contributed by atoms with van der Waals surface area (Å²) >= 11 is 0. The Kier molecular flexibility index (Phi) is 10.5. The molecule has 1 fully saturated rings. The molecule has 0 aromatic heterocycles. The third-order valence-corrected chi connectivity index (χ3v) is 12.0. The molecular weight excluding hydrogens is 763 g/mol. The lowest BCUT2D eigenvalue weighted by Gasteiger charge is -2.27. The minimum Gasteiger partial charge on any atom is -0.493 e. The number of carboxylic acids is 1. The molecule has 1 saturated heterocycles. The molecule has 0 radical (unpaired) electrons. The second-order valence-corrected chi connectivity index (χ2v) is 15.8. The van der Waals surface area contributed by atoms with Crippen LogP contribution in [0.4, 0.5) is 22.7 Å². The molecule has 3 atom stereocenters. The first-order chi connectivity index (χ1) is 29.2. The lowest BCUT2D eigenvalue weighted by molar-refractivity contribution is -0.137. The maximum atomic E-state index is 14.0. The van der Waals surface area contributed by atoms with Crippen molar-refractivity contribution in [2.75, 3.05) is 49.1 Å². The molecule has 4 aromatic rings. The van der Waals surface area contributed by atoms with E-state index < -0.39 is 5.97 Å². The van der Waals surface area contributed by atoms with Crippen molar-refractivity contribution in [2.24, 2.45) is 4.99 Å². The van der Waals surface area contributed by atoms with Gasteiger partial charge in [-0.1, -0.05) is 36.4 Å². The van der Waals surface area contributed by atoms with Crippen molar-refractivity contribution in [1.29, 1.82) is 0 Å². The summed E-state index contributed by atoms with van der Waals surface area (Å²) in [5.74, 6) is 0.993. The number of carboxylic acid groups (broad SMARTS) is 1. The van der Waals surface area contributed by atoms with Gasteiger partial charge < -0.3 is 39.2 Å². The number of aliphatic imine (C=N–C) groups is 1. The molecule has 4 heterocycles. The van der Waals surface area contributed by atoms with E-state index in [1.807, 2.05) is 89.8 Å². The average Bonchev–Trinajstić information content (AvgIpc) is 3.75. The van der Waals surface area contributed by atoms with Gasteiger partial charge in [0.05, 0.1) is 37.6 Å². The Morgan fingerprint density at radius 2 is 1.57 bits per heavy atom. The van der Waals surface area contributed by atoms with E-state index in [1.54, 1.807) is 31.3 Å². The van der Waals surface area contributed by atoms with Crippen molar-refractivity contribution in [3.63, 3.8) is 0 Å². The number of anilines is 3. The zero-order valence-corrected chi connectivity index (χ0v) is 33.9. The highest BCUT2D eigenvalue weighted by Crippen LogP contribution is 2.42. The van der Waals surface area contributed by atoms with Crippen LogP contribution in [0.25, 0.3) is 0 Å². The number of carbonyl (C=O) groups is 3. The summed E-state index contributed by atoms with van der Waals surface area (Å²) in [5, 5.41) is 12.9. The van der Waals surface area contributed by atoms with Gasteiger partial charge in [0, 0.05) is 80.4 Å². The molecule has 2 amide bonds. The number of hydrogen-bond acceptors (Lipinski definition) is 10. The molecule has 2 N–H and O–H groups in total. The molecule has 1 aliphatic carbocycles. The Balaban J connectivity index is 0.958. The summed E-state index contributed by atoms with van der Waals surface area (Å²) < 4.78 is 24.5. The summed E-state index contributed by atoms with van der Waals surface area (Å²) in [6.07, 6.45) is 6.12. The Labute approximate surface area is 348 Å². The summed E-state index contributed by atoms with van der Waals surface area (Å²) in [4.78, 5) is 49.8. The van der Waals surface area contributed by atoms with Crippen LogP contribution in [0, 0.1) is 0 Å². The van der Waals surface area contributed by atoms with E-state index in [2.05, 4.69) is 11.4 Å². The smallest absolute Gasteiger partial charge is 0.303 e. The standard InChI is InChI=1S/C47H47N5O8/c1-50(14-8-13-45(53)54)32-16-28(26-59-43-22-37-35(20-41(43)57-2)46(55)51-33(24-48-37)18-30-9-4-6-11-39(30)51)15-29(17-32)27-60-44-23-38-36(21-42(44)58-3)47(56)52-34(25-49-38)19-31-10-5-7-12-40(31)52/h4-7,9-12,15-17,20-22,24,33-34,38,49H,8,13-14,18-19,23,25-27H2,1-3H3,(H,53,54)/t33-,34-,38?/m0/s1. The van der Waals surface area contributed by atoms with Gasteiger partial charge in [-0.3, -0.25) is 24.3 Å². The molecular formula is C47H47N5O8. The van der Waals surface area contributed by atoms with Crippen LogP contribution in [0.15, 0.2) is 107 Å². The van der Waals surface area contributed by atoms with E-state index in [1.165, 1.54) is 5.56 Å². The van der Waals surface area contributed by atoms with Crippen molar-refractivity contribution in [2.45, 2.75) is 63.4 Å². The molecule has 4 aromatic carbocycles. The van der Waals surface area contributed by atoms with Crippen LogP contribution in [0.3, 0.4) is 0 Å². The van der Waals surface area contributed by atoms with Crippen molar-refractivity contribution in [3.05, 3.63) is 130 Å². The van der Waals surface area contributed by atoms with E-state index >= 15 is 0 Å². The lowest BCUT2D eigenvalue weighted by Crippen LogP contribution is -2.40. The number of aliphatic carboxylic acids is 1. The quantitative estimate of drug-likeness (QED) is 0.154. The number of fused-ring (bicyclic) bond motifs is 8. The number of amides is 2. The highest BCUT2D eigenvalue weighted by molar-refractivity contribution is 6.15. The maximum Gasteiger partial charge on any atom is 0.303 e. The van der Waals surface area contributed by atoms with Gasteiger partial charge in [-0.05, 0) is 77.6 Å². The van der Waals surface area contributed by atoms with Crippen LogP contribution >= 0.6 is 0 Å². The molecule has 13 nitrogen and oxygen atoms in total. The fourth-order valence-electron chi connectivity index (χ4n) is 8.98. The van der Waals surface area contributed by atoms with Gasteiger partial charge in [0.2, 0.25) is 0 Å². The SMILES string of the molecule is COC1=C(OCc2cc(COc3cc4c(cc3OC)C(=O)N3c5ccccc5C[C@H]3C=N4)cc(N(C)CCCC(=O)O)c2)CC2NC[C@@H]3Cc4ccccc4N3C(=O)C2=C1. The van der Waals surface area contributed by atoms with Crippen molar-refractivity contribution < 1.29 is 38.4 Å². The number of carbonyl (C=O) groups excluding carboxylic acids is 2. The normalized spacial score (nSPS) is 19.9. The van der Waals surface area contributed by atoms with E-state index in [0.717, 1.165) is 40.2 Å². The number of nitrogens with zero attached hydrogens (tertiary/aromatic N) is 4. The van der Waals surface area contributed by atoms with Crippen LogP contribution in [-0.2, 0) is 45.1 Å². The van der Waals surface area contributed by atoms with Crippen LogP contribution in [0.2, 0.25) is 0 Å². The monoisotopic (exact) mass is 809 g/mol. The van der Waals surface area contributed by atoms with Crippen LogP contribution in [-0.4, -0.2) is 81.6 Å². The number of ether oxygens (including phenoxy) is 4. The van der Waals surface area contributed by atoms with Gasteiger partial charge >= 0.3 is 5.97 Å². The maximum absolute atomic E-state index is 14.0. The Bertz CT molecular complexity index is 2480. The minimum atomic E-state index is -0.840. The predicted molar refractivity (Wildman–Crippen MR) is 228 cm³/mol. The number of nitrogens with one attached hydrogen (secondary N) is 1. The number of benzene rings is 4. The highest BCUT2D eigenvalue weighted by Gasteiger charge is 2.42. The molecule has 13 heteroatoms. The van der Waals surface area contributed by atoms with Crippen molar-refractivity contribution in [1.82, 2.24) is 5.32 Å². The van der Waals surface area contributed by atoms with Gasteiger partial charge in [-0.2, -0.15) is 0 Å². The van der Waals surface area contributed by atoms with E-state index in [-0.39, 0.29) is 49.6 Å². The third kappa shape index (κ3) is 7.34. The van der Waals surface area contributed by atoms with Crippen LogP contribution in [0.5, 0.6) is 11.5 Å². The minimum absolute atomic E-state index is 0.0209. The highest BCUT2D eigenvalue weighted by atomic mass is 16.5. The van der Waals surface area contributed by atoms with Crippen LogP contribution < -0.4 is 29.5 Å². The first kappa shape index (κ1) is 38.9. The topological polar surface area (TPSA) is 142 Å². The van der Waals surface area contributed by atoms with E-state index in [0.29, 0.717) is 72.2 Å². The molecule has 0 spiro atoms. The fourth-order valence-corrected chi connectivity index (χ4v) is 8.98. The Morgan fingerprint density at radius 1 is 0.850 bits per heavy atom. The molecule has 308 valence electrons. The molecule has 9 rings (SSSR count). The van der Waals surface area contributed by atoms with Gasteiger partial charge in [0.25, 0.3) is 11.8 Å². The molecule has 1 unspecified atom stereocenters. The van der Waals surface area contributed by atoms with Crippen molar-refractivity contribution >= 4 is 46.7 Å². The van der Waals surface area contributed by atoms with Gasteiger partial charge in [-0.15, -0.1) is 0 Å². The molecule has 5 aliphatic rings. The number of methoxy groups -OCH3 is 2. The van der Waals surface area contributed by atoms with Crippen LogP contribution in [0.1, 0.15) is 51.9 Å². The van der Waals surface area contributed by atoms with E-state index in [9.17, 15) is 19.5 Å². The molecule has 4 aliphatic heterocycles. The second-order valence-electron chi connectivity index (χ2n) is 15.8.